The van der Waals surface area contributed by atoms with Gasteiger partial charge >= 0.3 is 0 Å². The zero-order valence-electron chi connectivity index (χ0n) is 17.9. The van der Waals surface area contributed by atoms with Crippen LogP contribution in [0.25, 0.3) is 6.08 Å². The number of benzene rings is 3. The number of hydrogen-bond acceptors (Lipinski definition) is 3. The normalized spacial score (nSPS) is 11.0. The van der Waals surface area contributed by atoms with Crippen molar-refractivity contribution in [3.63, 3.8) is 0 Å². The molecule has 1 amide bonds. The van der Waals surface area contributed by atoms with E-state index in [0.29, 0.717) is 24.0 Å². The number of carbonyl (C=O) groups is 1. The summed E-state index contributed by atoms with van der Waals surface area (Å²) < 4.78 is 12.2. The summed E-state index contributed by atoms with van der Waals surface area (Å²) in [5, 5.41) is 2.96. The van der Waals surface area contributed by atoms with E-state index in [2.05, 4.69) is 35.1 Å². The van der Waals surface area contributed by atoms with E-state index in [1.165, 1.54) is 6.08 Å². The maximum Gasteiger partial charge on any atom is 0.248 e. The number of amides is 1. The van der Waals surface area contributed by atoms with Gasteiger partial charge in [0.15, 0.2) is 11.5 Å². The second-order valence-electron chi connectivity index (χ2n) is 7.37. The van der Waals surface area contributed by atoms with Crippen molar-refractivity contribution in [3.05, 3.63) is 94.0 Å². The molecule has 0 heterocycles. The van der Waals surface area contributed by atoms with E-state index in [0.717, 1.165) is 26.9 Å². The molecule has 4 nitrogen and oxygen atoms in total. The first-order valence-corrected chi connectivity index (χ1v) is 10.9. The minimum atomic E-state index is -0.187. The summed E-state index contributed by atoms with van der Waals surface area (Å²) in [6.45, 7) is 4.64. The molecule has 0 spiro atoms. The minimum Gasteiger partial charge on any atom is -0.493 e. The second-order valence-corrected chi connectivity index (χ2v) is 8.23. The molecule has 5 heteroatoms. The highest BCUT2D eigenvalue weighted by Gasteiger charge is 2.12. The number of methoxy groups -OCH3 is 1. The Morgan fingerprint density at radius 1 is 1.06 bits per heavy atom. The van der Waals surface area contributed by atoms with Crippen molar-refractivity contribution < 1.29 is 14.3 Å². The quantitative estimate of drug-likeness (QED) is 0.360. The molecule has 31 heavy (non-hydrogen) atoms. The summed E-state index contributed by atoms with van der Waals surface area (Å²) in [6.07, 6.45) is 3.27. The fraction of sp³-hybridized carbons (Fsp3) is 0.192. The highest BCUT2D eigenvalue weighted by Crippen LogP contribution is 2.37. The summed E-state index contributed by atoms with van der Waals surface area (Å²) in [5.41, 5.74) is 3.83. The van der Waals surface area contributed by atoms with Gasteiger partial charge in [-0.25, -0.2) is 0 Å². The lowest BCUT2D eigenvalue weighted by Gasteiger charge is -2.14. The van der Waals surface area contributed by atoms with Crippen molar-refractivity contribution in [2.45, 2.75) is 26.4 Å². The number of carbonyl (C=O) groups excluding carboxylic acids is 1. The topological polar surface area (TPSA) is 47.6 Å². The lowest BCUT2D eigenvalue weighted by molar-refractivity contribution is -0.111. The molecule has 0 saturated carbocycles. The monoisotopic (exact) mass is 479 g/mol. The standard InChI is InChI=1S/C26H26BrNO3/c1-18(2)21-11-7-8-12-23(21)28-25(29)14-13-20-15-22(27)26(24(16-20)30-3)31-17-19-9-5-4-6-10-19/h4-16,18H,17H2,1-3H3,(H,28,29)/b14-13+. The molecule has 0 bridgehead atoms. The molecule has 0 saturated heterocycles. The number of rotatable bonds is 8. The Balaban J connectivity index is 1.72. The number of nitrogens with one attached hydrogen (secondary N) is 1. The Kier molecular flexibility index (Phi) is 7.90. The molecule has 0 aliphatic rings. The van der Waals surface area contributed by atoms with Gasteiger partial charge in [-0.3, -0.25) is 4.79 Å². The molecule has 1 N–H and O–H groups in total. The van der Waals surface area contributed by atoms with Gasteiger partial charge in [0.1, 0.15) is 6.61 Å². The van der Waals surface area contributed by atoms with Gasteiger partial charge < -0.3 is 14.8 Å². The van der Waals surface area contributed by atoms with Crippen LogP contribution in [-0.4, -0.2) is 13.0 Å². The second kappa shape index (κ2) is 10.8. The molecule has 0 unspecified atom stereocenters. The molecule has 3 aromatic rings. The Morgan fingerprint density at radius 3 is 2.48 bits per heavy atom. The van der Waals surface area contributed by atoms with Gasteiger partial charge in [-0.2, -0.15) is 0 Å². The first-order valence-electron chi connectivity index (χ1n) is 10.1. The smallest absolute Gasteiger partial charge is 0.248 e. The highest BCUT2D eigenvalue weighted by atomic mass is 79.9. The number of hydrogen-bond donors (Lipinski definition) is 1. The maximum absolute atomic E-state index is 12.5. The Labute approximate surface area is 192 Å². The molecule has 0 radical (unpaired) electrons. The third-order valence-electron chi connectivity index (χ3n) is 4.75. The SMILES string of the molecule is COc1cc(/C=C/C(=O)Nc2ccccc2C(C)C)cc(Br)c1OCc1ccccc1. The van der Waals surface area contributed by atoms with E-state index in [4.69, 9.17) is 9.47 Å². The third-order valence-corrected chi connectivity index (χ3v) is 5.33. The van der Waals surface area contributed by atoms with Crippen molar-refractivity contribution in [2.24, 2.45) is 0 Å². The van der Waals surface area contributed by atoms with Crippen LogP contribution in [0, 0.1) is 0 Å². The van der Waals surface area contributed by atoms with Gasteiger partial charge in [0, 0.05) is 11.8 Å². The van der Waals surface area contributed by atoms with E-state index < -0.39 is 0 Å². The first-order chi connectivity index (χ1) is 15.0. The van der Waals surface area contributed by atoms with E-state index in [1.54, 1.807) is 13.2 Å². The van der Waals surface area contributed by atoms with Crippen molar-refractivity contribution in [3.8, 4) is 11.5 Å². The van der Waals surface area contributed by atoms with Crippen LogP contribution in [0.3, 0.4) is 0 Å². The van der Waals surface area contributed by atoms with Crippen molar-refractivity contribution in [1.82, 2.24) is 0 Å². The fourth-order valence-corrected chi connectivity index (χ4v) is 3.74. The van der Waals surface area contributed by atoms with E-state index in [1.807, 2.05) is 66.7 Å². The van der Waals surface area contributed by atoms with Crippen LogP contribution in [0.1, 0.15) is 36.5 Å². The van der Waals surface area contributed by atoms with Gasteiger partial charge in [0.05, 0.1) is 11.6 Å². The average molecular weight is 480 g/mol. The van der Waals surface area contributed by atoms with Crippen LogP contribution in [-0.2, 0) is 11.4 Å². The van der Waals surface area contributed by atoms with Crippen molar-refractivity contribution >= 4 is 33.6 Å². The number of para-hydroxylation sites is 1. The Bertz CT molecular complexity index is 1060. The first kappa shape index (κ1) is 22.6. The lowest BCUT2D eigenvalue weighted by Crippen LogP contribution is -2.10. The summed E-state index contributed by atoms with van der Waals surface area (Å²) in [4.78, 5) is 12.5. The highest BCUT2D eigenvalue weighted by molar-refractivity contribution is 9.10. The molecule has 0 atom stereocenters. The summed E-state index contributed by atoms with van der Waals surface area (Å²) in [7, 11) is 1.60. The molecule has 0 aliphatic heterocycles. The average Bonchev–Trinajstić information content (AvgIpc) is 2.77. The summed E-state index contributed by atoms with van der Waals surface area (Å²) >= 11 is 3.56. The molecule has 3 aromatic carbocycles. The molecular formula is C26H26BrNO3. The number of ether oxygens (including phenoxy) is 2. The van der Waals surface area contributed by atoms with Crippen LogP contribution < -0.4 is 14.8 Å². The van der Waals surface area contributed by atoms with Crippen molar-refractivity contribution in [1.29, 1.82) is 0 Å². The van der Waals surface area contributed by atoms with Crippen LogP contribution in [0.4, 0.5) is 5.69 Å². The number of halogens is 1. The number of anilines is 1. The van der Waals surface area contributed by atoms with Gasteiger partial charge in [-0.05, 0) is 62.8 Å². The largest absolute Gasteiger partial charge is 0.493 e. The lowest BCUT2D eigenvalue weighted by atomic mass is 10.0. The van der Waals surface area contributed by atoms with Gasteiger partial charge in [-0.1, -0.05) is 62.4 Å². The Hall–Kier alpha value is -3.05. The molecule has 160 valence electrons. The Morgan fingerprint density at radius 2 is 1.77 bits per heavy atom. The van der Waals surface area contributed by atoms with Crippen LogP contribution in [0.15, 0.2) is 77.3 Å². The predicted octanol–water partition coefficient (Wildman–Crippen LogP) is 6.81. The van der Waals surface area contributed by atoms with Crippen molar-refractivity contribution in [2.75, 3.05) is 12.4 Å². The molecule has 0 aromatic heterocycles. The molecule has 0 aliphatic carbocycles. The molecular weight excluding hydrogens is 454 g/mol. The fourth-order valence-electron chi connectivity index (χ4n) is 3.17. The predicted molar refractivity (Wildman–Crippen MR) is 130 cm³/mol. The molecule has 0 fully saturated rings. The zero-order chi connectivity index (χ0) is 22.2. The third kappa shape index (κ3) is 6.22. The van der Waals surface area contributed by atoms with Gasteiger partial charge in [0.2, 0.25) is 5.91 Å². The summed E-state index contributed by atoms with van der Waals surface area (Å²) in [6, 6.07) is 21.5. The maximum atomic E-state index is 12.5. The van der Waals surface area contributed by atoms with Crippen LogP contribution in [0.5, 0.6) is 11.5 Å². The van der Waals surface area contributed by atoms with Crippen LogP contribution in [0.2, 0.25) is 0 Å². The zero-order valence-corrected chi connectivity index (χ0v) is 19.5. The van der Waals surface area contributed by atoms with Crippen LogP contribution >= 0.6 is 15.9 Å². The summed E-state index contributed by atoms with van der Waals surface area (Å²) in [5.74, 6) is 1.35. The molecule has 3 rings (SSSR count). The minimum absolute atomic E-state index is 0.187. The van der Waals surface area contributed by atoms with E-state index in [9.17, 15) is 4.79 Å². The van der Waals surface area contributed by atoms with Gasteiger partial charge in [0.25, 0.3) is 0 Å². The van der Waals surface area contributed by atoms with E-state index in [-0.39, 0.29) is 5.91 Å². The van der Waals surface area contributed by atoms with Gasteiger partial charge in [-0.15, -0.1) is 0 Å². The van der Waals surface area contributed by atoms with E-state index >= 15 is 0 Å².